The second kappa shape index (κ2) is 11.4. The monoisotopic (exact) mass is 476 g/mol. The van der Waals surface area contributed by atoms with E-state index in [9.17, 15) is 0 Å². The van der Waals surface area contributed by atoms with Gasteiger partial charge in [0.05, 0.1) is 12.3 Å². The van der Waals surface area contributed by atoms with E-state index in [1.165, 1.54) is 5.56 Å². The maximum absolute atomic E-state index is 6.01. The molecule has 0 saturated carbocycles. The number of benzene rings is 1. The summed E-state index contributed by atoms with van der Waals surface area (Å²) in [6.45, 7) is 1.49. The third-order valence-electron chi connectivity index (χ3n) is 3.78. The molecule has 1 unspecified atom stereocenters. The number of nitrogens with zero attached hydrogens (tertiary/aromatic N) is 2. The minimum atomic E-state index is 0. The quantitative estimate of drug-likeness (QED) is 0.364. The zero-order valence-electron chi connectivity index (χ0n) is 14.8. The lowest BCUT2D eigenvalue weighted by Gasteiger charge is -2.23. The van der Waals surface area contributed by atoms with Gasteiger partial charge in [0.2, 0.25) is 0 Å². The molecule has 2 aromatic rings. The van der Waals surface area contributed by atoms with Gasteiger partial charge in [0.25, 0.3) is 0 Å². The van der Waals surface area contributed by atoms with Crippen molar-refractivity contribution in [3.8, 4) is 0 Å². The van der Waals surface area contributed by atoms with Crippen molar-refractivity contribution in [2.24, 2.45) is 4.99 Å². The minimum Gasteiger partial charge on any atom is -0.468 e. The Morgan fingerprint density at radius 1 is 1.24 bits per heavy atom. The Bertz CT molecular complexity index is 646. The van der Waals surface area contributed by atoms with Crippen molar-refractivity contribution < 1.29 is 4.42 Å². The topological polar surface area (TPSA) is 52.8 Å². The van der Waals surface area contributed by atoms with Crippen molar-refractivity contribution in [3.05, 3.63) is 59.0 Å². The molecular formula is C18H26ClIN4O. The van der Waals surface area contributed by atoms with Crippen LogP contribution < -0.4 is 10.6 Å². The number of guanidine groups is 1. The van der Waals surface area contributed by atoms with Gasteiger partial charge in [0.15, 0.2) is 5.96 Å². The highest BCUT2D eigenvalue weighted by Crippen LogP contribution is 2.17. The van der Waals surface area contributed by atoms with E-state index in [0.29, 0.717) is 6.54 Å². The molecule has 0 amide bonds. The number of furan rings is 1. The van der Waals surface area contributed by atoms with E-state index in [1.54, 1.807) is 13.3 Å². The van der Waals surface area contributed by atoms with E-state index < -0.39 is 0 Å². The molecule has 0 aliphatic carbocycles. The Hall–Kier alpha value is -1.25. The number of hydrogen-bond donors (Lipinski definition) is 2. The van der Waals surface area contributed by atoms with Crippen LogP contribution in [0.1, 0.15) is 17.4 Å². The minimum absolute atomic E-state index is 0. The number of rotatable bonds is 7. The molecule has 7 heteroatoms. The average molecular weight is 477 g/mol. The summed E-state index contributed by atoms with van der Waals surface area (Å²) in [5.74, 6) is 1.71. The Kier molecular flexibility index (Phi) is 9.92. The summed E-state index contributed by atoms with van der Waals surface area (Å²) in [6, 6.07) is 11.9. The van der Waals surface area contributed by atoms with E-state index in [0.717, 1.165) is 29.7 Å². The fraction of sp³-hybridized carbons (Fsp3) is 0.389. The van der Waals surface area contributed by atoms with E-state index in [1.807, 2.05) is 44.4 Å². The summed E-state index contributed by atoms with van der Waals surface area (Å²) < 4.78 is 5.52. The first-order valence-corrected chi connectivity index (χ1v) is 8.36. The zero-order chi connectivity index (χ0) is 17.4. The summed E-state index contributed by atoms with van der Waals surface area (Å²) in [7, 11) is 5.83. The Morgan fingerprint density at radius 3 is 2.64 bits per heavy atom. The third kappa shape index (κ3) is 7.25. The van der Waals surface area contributed by atoms with Crippen LogP contribution in [0.4, 0.5) is 0 Å². The van der Waals surface area contributed by atoms with E-state index >= 15 is 0 Å². The predicted molar refractivity (Wildman–Crippen MR) is 115 cm³/mol. The molecule has 2 rings (SSSR count). The largest absolute Gasteiger partial charge is 0.468 e. The van der Waals surface area contributed by atoms with Crippen molar-refractivity contribution in [2.75, 3.05) is 34.2 Å². The highest BCUT2D eigenvalue weighted by atomic mass is 127. The van der Waals surface area contributed by atoms with Crippen molar-refractivity contribution in [2.45, 2.75) is 12.5 Å². The summed E-state index contributed by atoms with van der Waals surface area (Å²) in [4.78, 5) is 6.38. The zero-order valence-corrected chi connectivity index (χ0v) is 17.9. The first-order valence-electron chi connectivity index (χ1n) is 7.99. The highest BCUT2D eigenvalue weighted by molar-refractivity contribution is 14.0. The lowest BCUT2D eigenvalue weighted by molar-refractivity contribution is 0.258. The van der Waals surface area contributed by atoms with Crippen LogP contribution in [0.2, 0.25) is 5.02 Å². The molecule has 1 heterocycles. The van der Waals surface area contributed by atoms with Crippen LogP contribution in [0.3, 0.4) is 0 Å². The first-order chi connectivity index (χ1) is 11.6. The lowest BCUT2D eigenvalue weighted by atomic mass is 10.1. The molecule has 0 aliphatic heterocycles. The molecule has 1 aromatic heterocycles. The van der Waals surface area contributed by atoms with Gasteiger partial charge >= 0.3 is 0 Å². The highest BCUT2D eigenvalue weighted by Gasteiger charge is 2.17. The second-order valence-corrected chi connectivity index (χ2v) is 6.19. The Balaban J connectivity index is 0.00000312. The molecule has 2 N–H and O–H groups in total. The van der Waals surface area contributed by atoms with Crippen molar-refractivity contribution in [1.29, 1.82) is 0 Å². The van der Waals surface area contributed by atoms with Crippen LogP contribution in [0.5, 0.6) is 0 Å². The molecule has 25 heavy (non-hydrogen) atoms. The van der Waals surface area contributed by atoms with Gasteiger partial charge in [-0.05, 0) is 50.3 Å². The number of halogens is 2. The van der Waals surface area contributed by atoms with Gasteiger partial charge in [-0.3, -0.25) is 9.89 Å². The molecule has 0 aliphatic rings. The molecule has 0 spiro atoms. The van der Waals surface area contributed by atoms with Gasteiger partial charge in [-0.2, -0.15) is 0 Å². The predicted octanol–water partition coefficient (Wildman–Crippen LogP) is 3.56. The van der Waals surface area contributed by atoms with Gasteiger partial charge < -0.3 is 15.1 Å². The van der Waals surface area contributed by atoms with Crippen LogP contribution in [-0.2, 0) is 6.42 Å². The second-order valence-electron chi connectivity index (χ2n) is 5.75. The molecule has 0 bridgehead atoms. The number of nitrogens with one attached hydrogen (secondary N) is 2. The van der Waals surface area contributed by atoms with Crippen LogP contribution >= 0.6 is 35.6 Å². The Labute approximate surface area is 171 Å². The normalized spacial score (nSPS) is 12.6. The molecule has 1 atom stereocenters. The van der Waals surface area contributed by atoms with Crippen LogP contribution in [0.25, 0.3) is 0 Å². The summed E-state index contributed by atoms with van der Waals surface area (Å²) in [5, 5.41) is 7.44. The number of hydrogen-bond acceptors (Lipinski definition) is 3. The van der Waals surface area contributed by atoms with Gasteiger partial charge in [0, 0.05) is 25.2 Å². The molecule has 1 aromatic carbocycles. The van der Waals surface area contributed by atoms with Crippen molar-refractivity contribution >= 4 is 41.5 Å². The SMILES string of the molecule is CN=C(NCCc1cccc(Cl)c1)NCC(c1ccco1)N(C)C.I. The van der Waals surface area contributed by atoms with E-state index in [-0.39, 0.29) is 30.0 Å². The fourth-order valence-electron chi connectivity index (χ4n) is 2.45. The molecule has 0 fully saturated rings. The van der Waals surface area contributed by atoms with Gasteiger partial charge in [0.1, 0.15) is 5.76 Å². The summed E-state index contributed by atoms with van der Waals surface area (Å²) >= 11 is 6.01. The fourth-order valence-corrected chi connectivity index (χ4v) is 2.66. The van der Waals surface area contributed by atoms with Crippen LogP contribution in [0.15, 0.2) is 52.1 Å². The maximum atomic E-state index is 6.01. The van der Waals surface area contributed by atoms with Crippen molar-refractivity contribution in [1.82, 2.24) is 15.5 Å². The average Bonchev–Trinajstić information content (AvgIpc) is 3.07. The molecule has 5 nitrogen and oxygen atoms in total. The van der Waals surface area contributed by atoms with Gasteiger partial charge in [-0.25, -0.2) is 0 Å². The van der Waals surface area contributed by atoms with E-state index in [4.69, 9.17) is 16.0 Å². The van der Waals surface area contributed by atoms with Crippen molar-refractivity contribution in [3.63, 3.8) is 0 Å². The first kappa shape index (κ1) is 21.8. The summed E-state index contributed by atoms with van der Waals surface area (Å²) in [5.41, 5.74) is 1.20. The van der Waals surface area contributed by atoms with Crippen LogP contribution in [-0.4, -0.2) is 45.1 Å². The molecular weight excluding hydrogens is 451 g/mol. The van der Waals surface area contributed by atoms with Crippen LogP contribution in [0, 0.1) is 0 Å². The summed E-state index contributed by atoms with van der Waals surface area (Å²) in [6.07, 6.45) is 2.58. The van der Waals surface area contributed by atoms with Gasteiger partial charge in [-0.1, -0.05) is 23.7 Å². The maximum Gasteiger partial charge on any atom is 0.191 e. The number of aliphatic imine (C=N–C) groups is 1. The molecule has 0 saturated heterocycles. The molecule has 138 valence electrons. The molecule has 0 radical (unpaired) electrons. The Morgan fingerprint density at radius 2 is 2.04 bits per heavy atom. The number of likely N-dealkylation sites (N-methyl/N-ethyl adjacent to an activating group) is 1. The smallest absolute Gasteiger partial charge is 0.191 e. The van der Waals surface area contributed by atoms with Gasteiger partial charge in [-0.15, -0.1) is 24.0 Å². The standard InChI is InChI=1S/C18H25ClN4O.HI/c1-20-18(21-10-9-14-6-4-7-15(19)12-14)22-13-16(23(2)3)17-8-5-11-24-17;/h4-8,11-12,16H,9-10,13H2,1-3H3,(H2,20,21,22);1H. The lowest BCUT2D eigenvalue weighted by Crippen LogP contribution is -2.42. The van der Waals surface area contributed by atoms with E-state index in [2.05, 4.69) is 26.6 Å². The third-order valence-corrected chi connectivity index (χ3v) is 4.01.